The number of aliphatic carboxylic acids is 1. The lowest BCUT2D eigenvalue weighted by molar-refractivity contribution is -0.146. The van der Waals surface area contributed by atoms with Crippen LogP contribution in [0.15, 0.2) is 40.4 Å². The molecule has 15 amide bonds. The number of carbonyl (C=O) groups excluding carboxylic acids is 15. The lowest BCUT2D eigenvalue weighted by Crippen LogP contribution is -2.61. The number of carbonyl (C=O) groups is 16. The minimum absolute atomic E-state index is 0.0000965. The first-order chi connectivity index (χ1) is 49.0. The summed E-state index contributed by atoms with van der Waals surface area (Å²) in [5.74, 6) is -19.9. The lowest BCUT2D eigenvalue weighted by atomic mass is 10.0. The molecule has 1 unspecified atom stereocenters. The number of H-pyrrole nitrogens is 1. The van der Waals surface area contributed by atoms with Crippen molar-refractivity contribution in [3.63, 3.8) is 0 Å². The number of aromatic nitrogens is 1. The van der Waals surface area contributed by atoms with Crippen LogP contribution in [0.4, 0.5) is 0 Å². The molecule has 4 bridgehead atoms. The van der Waals surface area contributed by atoms with Crippen molar-refractivity contribution in [1.82, 2.24) is 84.3 Å². The zero-order valence-corrected chi connectivity index (χ0v) is 59.2. The number of nitrogens with zero attached hydrogens (tertiary/aromatic N) is 3. The van der Waals surface area contributed by atoms with Crippen molar-refractivity contribution in [3.8, 4) is 0 Å². The number of nitrogens with two attached hydrogens (primary N) is 4. The fourth-order valence-corrected chi connectivity index (χ4v) is 15.2. The van der Waals surface area contributed by atoms with E-state index in [-0.39, 0.29) is 76.5 Å². The van der Waals surface area contributed by atoms with Crippen molar-refractivity contribution in [3.05, 3.63) is 36.0 Å². The first-order valence-electron chi connectivity index (χ1n) is 32.4. The van der Waals surface area contributed by atoms with Crippen molar-refractivity contribution in [2.45, 2.75) is 138 Å². The van der Waals surface area contributed by atoms with Crippen LogP contribution in [0, 0.1) is 0 Å². The Bertz CT molecular complexity index is 3540. The average molecular weight is 1520 g/mol. The average Bonchev–Trinajstić information content (AvgIpc) is 1.72. The Kier molecular flexibility index (Phi) is 32.5. The molecule has 4 aliphatic heterocycles. The van der Waals surface area contributed by atoms with Gasteiger partial charge in [-0.1, -0.05) is 61.4 Å². The summed E-state index contributed by atoms with van der Waals surface area (Å²) in [5.41, 5.74) is 23.5. The number of nitrogens with one attached hydrogen (secondary N) is 15. The third-order valence-electron chi connectivity index (χ3n) is 16.0. The molecule has 4 aliphatic rings. The maximum Gasteiger partial charge on any atom is 0.305 e. The third kappa shape index (κ3) is 26.2. The highest BCUT2D eigenvalue weighted by Crippen LogP contribution is 2.27. The van der Waals surface area contributed by atoms with Gasteiger partial charge in [0.05, 0.1) is 32.7 Å². The van der Waals surface area contributed by atoms with E-state index in [0.29, 0.717) is 16.5 Å². The number of benzene rings is 1. The SMILES string of the molecule is C[C@@H]1NC(=O)[C@@H]2CSSC[C@@H]3NC(=O)[C@H](CSSC[C@H](NC(=O)[C@H](CCCN=C(N)N)NC(=O)[C@@H]4CCCN4C(=O)[C@H](CC(=O)O)NC(=O)[C@H](CO)NC3=O)C(=O)N[C@@H](C)C(=O)N[C@@H](Cc3c[nH]c4ccccc34)C(=O)NC(CCCN=C(N)N)C(=O)N2)NC(=O)CNC(=O)CNC(=O)CNC1=O. The number of aliphatic hydroxyl groups is 1. The summed E-state index contributed by atoms with van der Waals surface area (Å²) in [6.45, 7) is -1.43. The van der Waals surface area contributed by atoms with Gasteiger partial charge in [-0.2, -0.15) is 0 Å². The van der Waals surface area contributed by atoms with E-state index in [4.69, 9.17) is 22.9 Å². The van der Waals surface area contributed by atoms with E-state index in [1.165, 1.54) is 13.8 Å². The van der Waals surface area contributed by atoms with Gasteiger partial charge in [-0.15, -0.1) is 0 Å². The van der Waals surface area contributed by atoms with Crippen molar-refractivity contribution < 1.29 is 86.9 Å². The lowest BCUT2D eigenvalue weighted by Gasteiger charge is -2.30. The van der Waals surface area contributed by atoms with Crippen LogP contribution in [0.1, 0.15) is 64.4 Å². The number of aromatic amines is 1. The molecule has 40 nitrogen and oxygen atoms in total. The standard InChI is InChI=1S/C59H86N22O18S4/c1-27-46(88)69-20-43(84)67-19-42(83)68-21-44(85)72-37-23-100-101-25-39-53(95)71-28(2)47(89)75-34(16-29-18-66-31-9-4-3-8-30(29)31)50(92)73-32(10-5-13-64-58(60)61)48(90)78-38(52(94)70-27)24-102-103-26-40(80-54(37)96)55(97)77-36(22-82)51(93)76-35(17-45(86)87)57(99)81-15-7-12-41(81)56(98)74-33(49(91)79-39)11-6-14-65-59(62)63/h3-4,8-9,18,27-28,32-41,66,82H,5-7,10-17,19-26H2,1-2H3,(H,67,84)(H,68,83)(H,69,88)(H,70,94)(H,71,95)(H,72,85)(H,73,92)(H,74,98)(H,75,89)(H,76,93)(H,77,97)(H,78,90)(H,79,91)(H,80,96)(H,86,87)(H4,60,61,64)(H4,62,63,65)/t27-,28-,32?,33-,34-,35-,36-,37-,38-,39-,40-,41-/m0/s1. The van der Waals surface area contributed by atoms with Crippen LogP contribution in [0.5, 0.6) is 0 Å². The monoisotopic (exact) mass is 1520 g/mol. The number of amides is 15. The van der Waals surface area contributed by atoms with Crippen LogP contribution in [0.3, 0.4) is 0 Å². The Hall–Kier alpha value is -9.82. The number of para-hydroxylation sites is 1. The minimum atomic E-state index is -2.02. The van der Waals surface area contributed by atoms with Gasteiger partial charge in [-0.05, 0) is 64.0 Å². The maximum atomic E-state index is 15.0. The fourth-order valence-electron chi connectivity index (χ4n) is 10.5. The molecular weight excluding hydrogens is 1430 g/mol. The molecule has 103 heavy (non-hydrogen) atoms. The number of hydrogen-bond acceptors (Lipinski definition) is 23. The number of fused-ring (bicyclic) bond motifs is 10. The van der Waals surface area contributed by atoms with E-state index in [2.05, 4.69) is 89.4 Å². The second-order valence-electron chi connectivity index (χ2n) is 23.9. The third-order valence-corrected chi connectivity index (χ3v) is 20.9. The van der Waals surface area contributed by atoms with Crippen LogP contribution >= 0.6 is 43.2 Å². The minimum Gasteiger partial charge on any atom is -0.481 e. The molecule has 0 radical (unpaired) electrons. The second kappa shape index (κ2) is 40.7. The molecule has 0 aliphatic carbocycles. The van der Waals surface area contributed by atoms with E-state index in [1.807, 2.05) is 0 Å². The number of aliphatic imine (C=N–C) groups is 2. The molecule has 1 aromatic heterocycles. The molecule has 4 fully saturated rings. The molecule has 4 saturated heterocycles. The fraction of sp³-hybridized carbons (Fsp3) is 0.559. The first kappa shape index (κ1) is 82.1. The number of hydrogen-bond donors (Lipinski definition) is 21. The van der Waals surface area contributed by atoms with Crippen molar-refractivity contribution >= 4 is 161 Å². The highest BCUT2D eigenvalue weighted by atomic mass is 33.1. The molecule has 0 saturated carbocycles. The van der Waals surface area contributed by atoms with Crippen molar-refractivity contribution in [2.24, 2.45) is 32.9 Å². The maximum absolute atomic E-state index is 15.0. The molecule has 1 aromatic carbocycles. The van der Waals surface area contributed by atoms with E-state index in [9.17, 15) is 86.9 Å². The Balaban J connectivity index is 1.54. The highest BCUT2D eigenvalue weighted by molar-refractivity contribution is 8.77. The number of rotatable bonds is 13. The van der Waals surface area contributed by atoms with Crippen LogP contribution in [-0.4, -0.2) is 268 Å². The summed E-state index contributed by atoms with van der Waals surface area (Å²) in [5, 5.41) is 55.8. The summed E-state index contributed by atoms with van der Waals surface area (Å²) in [6, 6.07) is -13.1. The van der Waals surface area contributed by atoms with Gasteiger partial charge in [0, 0.05) is 66.2 Å². The van der Waals surface area contributed by atoms with Crippen LogP contribution in [-0.2, 0) is 83.1 Å². The number of carboxylic acids is 1. The molecular formula is C59H86N22O18S4. The van der Waals surface area contributed by atoms with Gasteiger partial charge < -0.3 is 117 Å². The van der Waals surface area contributed by atoms with Gasteiger partial charge in [0.25, 0.3) is 0 Å². The van der Waals surface area contributed by atoms with E-state index < -0.39 is 223 Å². The molecule has 0 spiro atoms. The van der Waals surface area contributed by atoms with Gasteiger partial charge in [0.15, 0.2) is 11.9 Å². The highest BCUT2D eigenvalue weighted by Gasteiger charge is 2.42. The summed E-state index contributed by atoms with van der Waals surface area (Å²) in [4.78, 5) is 239. The van der Waals surface area contributed by atoms with E-state index in [0.717, 1.165) is 48.1 Å². The second-order valence-corrected chi connectivity index (χ2v) is 29.0. The van der Waals surface area contributed by atoms with Crippen LogP contribution in [0.2, 0.25) is 0 Å². The molecule has 564 valence electrons. The summed E-state index contributed by atoms with van der Waals surface area (Å²) in [7, 11) is 3.16. The molecule has 12 atom stereocenters. The van der Waals surface area contributed by atoms with Gasteiger partial charge >= 0.3 is 5.97 Å². The van der Waals surface area contributed by atoms with E-state index in [1.54, 1.807) is 30.5 Å². The predicted octanol–water partition coefficient (Wildman–Crippen LogP) is -9.20. The predicted molar refractivity (Wildman–Crippen MR) is 377 cm³/mol. The Morgan fingerprint density at radius 2 is 0.942 bits per heavy atom. The Morgan fingerprint density at radius 3 is 1.49 bits per heavy atom. The summed E-state index contributed by atoms with van der Waals surface area (Å²) < 4.78 is 0. The summed E-state index contributed by atoms with van der Waals surface area (Å²) in [6.07, 6.45) is -0.174. The van der Waals surface area contributed by atoms with Gasteiger partial charge in [0.1, 0.15) is 72.5 Å². The largest absolute Gasteiger partial charge is 0.481 e. The van der Waals surface area contributed by atoms with Crippen molar-refractivity contribution in [2.75, 3.05) is 68.9 Å². The zero-order chi connectivity index (χ0) is 75.4. The zero-order valence-electron chi connectivity index (χ0n) is 56.0. The molecule has 2 aromatic rings. The van der Waals surface area contributed by atoms with Gasteiger partial charge in [-0.25, -0.2) is 0 Å². The van der Waals surface area contributed by atoms with E-state index >= 15 is 0 Å². The molecule has 44 heteroatoms. The topological polar surface area (TPSA) is 630 Å². The quantitative estimate of drug-likeness (QED) is 0.0383. The normalized spacial score (nSPS) is 26.8. The molecule has 6 rings (SSSR count). The molecule has 5 heterocycles. The Labute approximate surface area is 604 Å². The molecule has 25 N–H and O–H groups in total. The number of guanidine groups is 2. The first-order valence-corrected chi connectivity index (χ1v) is 37.4. The summed E-state index contributed by atoms with van der Waals surface area (Å²) >= 11 is 0. The van der Waals surface area contributed by atoms with Crippen LogP contribution in [0.25, 0.3) is 10.9 Å². The number of carboxylic acid groups (broad SMARTS) is 1. The smallest absolute Gasteiger partial charge is 0.305 e. The van der Waals surface area contributed by atoms with Gasteiger partial charge in [-0.3, -0.25) is 86.7 Å². The Morgan fingerprint density at radius 1 is 0.505 bits per heavy atom. The van der Waals surface area contributed by atoms with Crippen molar-refractivity contribution in [1.29, 1.82) is 0 Å². The number of aliphatic hydroxyl groups excluding tert-OH is 1. The van der Waals surface area contributed by atoms with Gasteiger partial charge in [0.2, 0.25) is 88.6 Å². The van der Waals surface area contributed by atoms with Crippen LogP contribution < -0.4 is 97.4 Å².